The summed E-state index contributed by atoms with van der Waals surface area (Å²) in [7, 11) is 2.03. The predicted molar refractivity (Wildman–Crippen MR) is 84.5 cm³/mol. The molecule has 1 aromatic heterocycles. The van der Waals surface area contributed by atoms with E-state index in [1.165, 1.54) is 24.2 Å². The number of aliphatic hydroxyl groups is 1. The van der Waals surface area contributed by atoms with Gasteiger partial charge in [0, 0.05) is 38.3 Å². The molecule has 3 rings (SSSR count). The zero-order valence-electron chi connectivity index (χ0n) is 13.5. The molecule has 0 radical (unpaired) electrons. The second-order valence-electron chi connectivity index (χ2n) is 7.00. The Kier molecular flexibility index (Phi) is 3.97. The van der Waals surface area contributed by atoms with Gasteiger partial charge >= 0.3 is 0 Å². The fourth-order valence-electron chi connectivity index (χ4n) is 3.30. The molecular formula is C16H28N4O. The Morgan fingerprint density at radius 3 is 2.81 bits per heavy atom. The van der Waals surface area contributed by atoms with Gasteiger partial charge in [-0.3, -0.25) is 4.68 Å². The number of nitrogens with zero attached hydrogens (tertiary/aromatic N) is 3. The number of aryl methyl sites for hydroxylation is 2. The van der Waals surface area contributed by atoms with Crippen molar-refractivity contribution in [2.75, 3.05) is 18.0 Å². The summed E-state index contributed by atoms with van der Waals surface area (Å²) in [6, 6.07) is 0.710. The van der Waals surface area contributed by atoms with Gasteiger partial charge in [-0.2, -0.15) is 5.10 Å². The number of rotatable bonds is 4. The van der Waals surface area contributed by atoms with Crippen molar-refractivity contribution in [3.8, 4) is 0 Å². The lowest BCUT2D eigenvalue weighted by atomic mass is 9.98. The Balaban J connectivity index is 1.79. The van der Waals surface area contributed by atoms with Gasteiger partial charge in [0.05, 0.1) is 11.3 Å². The molecule has 0 aromatic carbocycles. The highest BCUT2D eigenvalue weighted by molar-refractivity contribution is 5.50. The molecule has 2 N–H and O–H groups in total. The monoisotopic (exact) mass is 292 g/mol. The Bertz CT molecular complexity index is 505. The van der Waals surface area contributed by atoms with E-state index >= 15 is 0 Å². The summed E-state index contributed by atoms with van der Waals surface area (Å²) >= 11 is 0. The van der Waals surface area contributed by atoms with Crippen molar-refractivity contribution in [3.63, 3.8) is 0 Å². The van der Waals surface area contributed by atoms with Crippen LogP contribution in [0.2, 0.25) is 0 Å². The minimum atomic E-state index is -0.519. The SMILES string of the molecule is Cc1nn(C)c(N2CCCC(C)(O)CC2)c1CNC1CC1. The molecule has 21 heavy (non-hydrogen) atoms. The van der Waals surface area contributed by atoms with Crippen LogP contribution in [0.1, 0.15) is 50.3 Å². The lowest BCUT2D eigenvalue weighted by Crippen LogP contribution is -2.30. The first-order valence-electron chi connectivity index (χ1n) is 8.19. The van der Waals surface area contributed by atoms with Gasteiger partial charge < -0.3 is 15.3 Å². The van der Waals surface area contributed by atoms with E-state index in [1.807, 2.05) is 18.7 Å². The summed E-state index contributed by atoms with van der Waals surface area (Å²) in [6.07, 6.45) is 5.36. The highest BCUT2D eigenvalue weighted by atomic mass is 16.3. The zero-order chi connectivity index (χ0) is 15.0. The van der Waals surface area contributed by atoms with E-state index in [1.54, 1.807) is 0 Å². The first kappa shape index (κ1) is 14.9. The summed E-state index contributed by atoms with van der Waals surface area (Å²) in [6.45, 7) is 6.88. The maximum absolute atomic E-state index is 10.3. The third-order valence-corrected chi connectivity index (χ3v) is 4.82. The van der Waals surface area contributed by atoms with E-state index in [9.17, 15) is 5.11 Å². The zero-order valence-corrected chi connectivity index (χ0v) is 13.5. The molecule has 1 aliphatic carbocycles. The molecule has 1 saturated heterocycles. The molecule has 5 heteroatoms. The van der Waals surface area contributed by atoms with Crippen molar-refractivity contribution >= 4 is 5.82 Å². The normalized spacial score (nSPS) is 27.0. The fraction of sp³-hybridized carbons (Fsp3) is 0.812. The van der Waals surface area contributed by atoms with E-state index < -0.39 is 5.60 Å². The van der Waals surface area contributed by atoms with Crippen LogP contribution in [0, 0.1) is 6.92 Å². The summed E-state index contributed by atoms with van der Waals surface area (Å²) in [4.78, 5) is 2.41. The van der Waals surface area contributed by atoms with Gasteiger partial charge in [0.1, 0.15) is 5.82 Å². The lowest BCUT2D eigenvalue weighted by molar-refractivity contribution is 0.0481. The minimum Gasteiger partial charge on any atom is -0.390 e. The topological polar surface area (TPSA) is 53.3 Å². The van der Waals surface area contributed by atoms with Crippen LogP contribution in [0.15, 0.2) is 0 Å². The fourth-order valence-corrected chi connectivity index (χ4v) is 3.30. The quantitative estimate of drug-likeness (QED) is 0.887. The van der Waals surface area contributed by atoms with Gasteiger partial charge in [0.15, 0.2) is 0 Å². The van der Waals surface area contributed by atoms with Crippen LogP contribution in [0.25, 0.3) is 0 Å². The highest BCUT2D eigenvalue weighted by Crippen LogP contribution is 2.29. The molecule has 0 spiro atoms. The largest absolute Gasteiger partial charge is 0.390 e. The van der Waals surface area contributed by atoms with E-state index in [0.717, 1.165) is 44.6 Å². The second-order valence-corrected chi connectivity index (χ2v) is 7.00. The molecule has 2 fully saturated rings. The number of nitrogens with one attached hydrogen (secondary N) is 1. The standard InChI is InChI=1S/C16H28N4O/c1-12-14(11-17-13-5-6-13)15(19(3)18-12)20-9-4-7-16(2,21)8-10-20/h13,17,21H,4-11H2,1-3H3. The molecule has 0 amide bonds. The van der Waals surface area contributed by atoms with Gasteiger partial charge in [-0.15, -0.1) is 0 Å². The molecular weight excluding hydrogens is 264 g/mol. The maximum atomic E-state index is 10.3. The van der Waals surface area contributed by atoms with E-state index in [2.05, 4.69) is 22.2 Å². The Morgan fingerprint density at radius 2 is 2.10 bits per heavy atom. The molecule has 5 nitrogen and oxygen atoms in total. The van der Waals surface area contributed by atoms with Crippen LogP contribution in [0.5, 0.6) is 0 Å². The number of anilines is 1. The van der Waals surface area contributed by atoms with Crippen molar-refractivity contribution < 1.29 is 5.11 Å². The van der Waals surface area contributed by atoms with Crippen LogP contribution >= 0.6 is 0 Å². The van der Waals surface area contributed by atoms with Gasteiger partial charge in [0.2, 0.25) is 0 Å². The van der Waals surface area contributed by atoms with E-state index in [-0.39, 0.29) is 0 Å². The molecule has 2 aliphatic rings. The molecule has 1 saturated carbocycles. The third kappa shape index (κ3) is 3.40. The third-order valence-electron chi connectivity index (χ3n) is 4.82. The van der Waals surface area contributed by atoms with Crippen molar-refractivity contribution in [2.24, 2.45) is 7.05 Å². The molecule has 2 heterocycles. The van der Waals surface area contributed by atoms with Crippen LogP contribution in [0.4, 0.5) is 5.82 Å². The average molecular weight is 292 g/mol. The summed E-state index contributed by atoms with van der Waals surface area (Å²) < 4.78 is 2.01. The Labute approximate surface area is 127 Å². The first-order valence-corrected chi connectivity index (χ1v) is 8.19. The van der Waals surface area contributed by atoms with Crippen molar-refractivity contribution in [1.29, 1.82) is 0 Å². The molecule has 1 aromatic rings. The molecule has 1 unspecified atom stereocenters. The van der Waals surface area contributed by atoms with Gasteiger partial charge in [-0.1, -0.05) is 0 Å². The summed E-state index contributed by atoms with van der Waals surface area (Å²) in [5.41, 5.74) is 1.93. The highest BCUT2D eigenvalue weighted by Gasteiger charge is 2.28. The van der Waals surface area contributed by atoms with E-state index in [0.29, 0.717) is 6.04 Å². The first-order chi connectivity index (χ1) is 9.96. The second kappa shape index (κ2) is 5.61. The minimum absolute atomic E-state index is 0.519. The van der Waals surface area contributed by atoms with Crippen LogP contribution in [-0.2, 0) is 13.6 Å². The predicted octanol–water partition coefficient (Wildman–Crippen LogP) is 1.72. The number of hydrogen-bond donors (Lipinski definition) is 2. The van der Waals surface area contributed by atoms with Gasteiger partial charge in [0.25, 0.3) is 0 Å². The van der Waals surface area contributed by atoms with E-state index in [4.69, 9.17) is 0 Å². The molecule has 118 valence electrons. The maximum Gasteiger partial charge on any atom is 0.131 e. The van der Waals surface area contributed by atoms with Gasteiger partial charge in [-0.25, -0.2) is 0 Å². The molecule has 1 aliphatic heterocycles. The van der Waals surface area contributed by atoms with Gasteiger partial charge in [-0.05, 0) is 46.0 Å². The molecule has 1 atom stereocenters. The number of aromatic nitrogens is 2. The summed E-state index contributed by atoms with van der Waals surface area (Å²) in [5, 5.41) is 18.5. The lowest BCUT2D eigenvalue weighted by Gasteiger charge is -2.25. The Hall–Kier alpha value is -1.07. The Morgan fingerprint density at radius 1 is 1.33 bits per heavy atom. The van der Waals surface area contributed by atoms with Crippen LogP contribution < -0.4 is 10.2 Å². The van der Waals surface area contributed by atoms with Crippen molar-refractivity contribution in [2.45, 2.75) is 64.1 Å². The molecule has 0 bridgehead atoms. The van der Waals surface area contributed by atoms with Crippen molar-refractivity contribution in [3.05, 3.63) is 11.3 Å². The van der Waals surface area contributed by atoms with Crippen LogP contribution in [-0.4, -0.2) is 39.6 Å². The smallest absolute Gasteiger partial charge is 0.131 e. The number of hydrogen-bond acceptors (Lipinski definition) is 4. The average Bonchev–Trinajstić information content (AvgIpc) is 3.19. The van der Waals surface area contributed by atoms with Crippen molar-refractivity contribution in [1.82, 2.24) is 15.1 Å². The summed E-state index contributed by atoms with van der Waals surface area (Å²) in [5.74, 6) is 1.23. The van der Waals surface area contributed by atoms with Crippen LogP contribution in [0.3, 0.4) is 0 Å².